The molecule has 0 aliphatic rings. The van der Waals surface area contributed by atoms with E-state index in [9.17, 15) is 0 Å². The fraction of sp³-hybridized carbons (Fsp3) is 1.00. The van der Waals surface area contributed by atoms with Gasteiger partial charge in [-0.1, -0.05) is 12.6 Å². The van der Waals surface area contributed by atoms with Gasteiger partial charge >= 0.3 is 0 Å². The summed E-state index contributed by atoms with van der Waals surface area (Å²) in [5.41, 5.74) is 0. The summed E-state index contributed by atoms with van der Waals surface area (Å²) >= 11 is 0. The highest BCUT2D eigenvalue weighted by Gasteiger charge is 1.85. The van der Waals surface area contributed by atoms with Crippen LogP contribution >= 0.6 is 0 Å². The van der Waals surface area contributed by atoms with Crippen molar-refractivity contribution < 1.29 is 9.84 Å². The minimum Gasteiger partial charge on any atom is -0.394 e. The van der Waals surface area contributed by atoms with Crippen LogP contribution in [-0.2, 0) is 4.74 Å². The summed E-state index contributed by atoms with van der Waals surface area (Å²) in [6.45, 7) is 3.63. The molecule has 0 aliphatic carbocycles. The molecule has 0 aromatic rings. The average molecular weight is 146 g/mol. The van der Waals surface area contributed by atoms with E-state index in [1.807, 2.05) is 0 Å². The van der Waals surface area contributed by atoms with Gasteiger partial charge in [0.2, 0.25) is 0 Å². The molecule has 0 aliphatic heterocycles. The Kier molecular flexibility index (Phi) is 8.26. The van der Waals surface area contributed by atoms with E-state index in [0.29, 0.717) is 6.61 Å². The summed E-state index contributed by atoms with van der Waals surface area (Å²) in [5.74, 6) is 0. The lowest BCUT2D eigenvalue weighted by molar-refractivity contribution is 0.0928. The summed E-state index contributed by atoms with van der Waals surface area (Å²) in [6, 6.07) is 1.26. The quantitative estimate of drug-likeness (QED) is 0.438. The Morgan fingerprint density at radius 2 is 2.22 bits per heavy atom. The molecule has 0 heterocycles. The maximum absolute atomic E-state index is 8.30. The molecule has 2 nitrogen and oxygen atoms in total. The van der Waals surface area contributed by atoms with Gasteiger partial charge in [0.15, 0.2) is 0 Å². The van der Waals surface area contributed by atoms with Gasteiger partial charge in [-0.2, -0.15) is 0 Å². The van der Waals surface area contributed by atoms with Crippen molar-refractivity contribution in [1.29, 1.82) is 0 Å². The molecule has 3 heteroatoms. The molecule has 0 saturated carbocycles. The minimum atomic E-state index is 0.147. The number of aliphatic hydroxyl groups is 1. The summed E-state index contributed by atoms with van der Waals surface area (Å²) in [6.07, 6.45) is 1.13. The van der Waals surface area contributed by atoms with Gasteiger partial charge in [0.1, 0.15) is 0 Å². The highest BCUT2D eigenvalue weighted by Crippen LogP contribution is 1.88. The second kappa shape index (κ2) is 8.14. The van der Waals surface area contributed by atoms with E-state index in [1.165, 1.54) is 6.04 Å². The average Bonchev–Trinajstić information content (AvgIpc) is 1.89. The van der Waals surface area contributed by atoms with Crippen LogP contribution < -0.4 is 0 Å². The van der Waals surface area contributed by atoms with Gasteiger partial charge in [-0.3, -0.25) is 0 Å². The molecule has 0 bridgehead atoms. The van der Waals surface area contributed by atoms with Gasteiger partial charge in [0.25, 0.3) is 0 Å². The number of ether oxygens (including phenoxy) is 1. The number of hydrogen-bond acceptors (Lipinski definition) is 2. The van der Waals surface area contributed by atoms with Crippen LogP contribution in [0.15, 0.2) is 0 Å². The van der Waals surface area contributed by atoms with E-state index in [1.54, 1.807) is 0 Å². The molecule has 0 spiro atoms. The van der Waals surface area contributed by atoms with Crippen LogP contribution in [0, 0.1) is 0 Å². The molecule has 0 unspecified atom stereocenters. The van der Waals surface area contributed by atoms with Gasteiger partial charge in [-0.25, -0.2) is 0 Å². The highest BCUT2D eigenvalue weighted by molar-refractivity contribution is 6.33. The largest absolute Gasteiger partial charge is 0.394 e. The van der Waals surface area contributed by atoms with Crippen molar-refractivity contribution in [3.63, 3.8) is 0 Å². The molecule has 9 heavy (non-hydrogen) atoms. The minimum absolute atomic E-state index is 0.147. The van der Waals surface area contributed by atoms with Crippen molar-refractivity contribution in [3.8, 4) is 0 Å². The molecule has 0 aromatic heterocycles. The number of hydrogen-bond donors (Lipinski definition) is 1. The van der Waals surface area contributed by atoms with E-state index in [0.717, 1.165) is 22.5 Å². The molecule has 0 amide bonds. The van der Waals surface area contributed by atoms with Crippen LogP contribution in [-0.4, -0.2) is 34.4 Å². The molecule has 0 atom stereocenters. The van der Waals surface area contributed by atoms with Crippen molar-refractivity contribution in [1.82, 2.24) is 0 Å². The Morgan fingerprint density at radius 1 is 1.44 bits per heavy atom. The lowest BCUT2D eigenvalue weighted by atomic mass is 10.5. The lowest BCUT2D eigenvalue weighted by Gasteiger charge is -1.98. The molecular weight excluding hydrogens is 132 g/mol. The van der Waals surface area contributed by atoms with Crippen LogP contribution in [0.4, 0.5) is 0 Å². The SMILES string of the molecule is C[Si]CCCOCCO. The van der Waals surface area contributed by atoms with E-state index in [2.05, 4.69) is 6.55 Å². The summed E-state index contributed by atoms with van der Waals surface area (Å²) in [4.78, 5) is 0. The molecule has 0 fully saturated rings. The molecule has 0 aromatic carbocycles. The summed E-state index contributed by atoms with van der Waals surface area (Å²) < 4.78 is 5.04. The zero-order chi connectivity index (χ0) is 6.95. The molecular formula is C6H14O2Si. The third-order valence-electron chi connectivity index (χ3n) is 0.951. The maximum Gasteiger partial charge on any atom is 0.0697 e. The fourth-order valence-electron chi connectivity index (χ4n) is 0.518. The summed E-state index contributed by atoms with van der Waals surface area (Å²) in [7, 11) is 1.03. The van der Waals surface area contributed by atoms with Gasteiger partial charge in [-0.15, -0.1) is 0 Å². The zero-order valence-corrected chi connectivity index (χ0v) is 6.89. The van der Waals surface area contributed by atoms with Crippen LogP contribution in [0.5, 0.6) is 0 Å². The standard InChI is InChI=1S/C6H14O2Si/c1-9-6-2-4-8-5-3-7/h7H,2-6H2,1H3. The Labute approximate surface area is 59.0 Å². The Bertz CT molecular complexity index is 44.3. The van der Waals surface area contributed by atoms with Crippen LogP contribution in [0.3, 0.4) is 0 Å². The van der Waals surface area contributed by atoms with Crippen molar-refractivity contribution in [2.75, 3.05) is 19.8 Å². The maximum atomic E-state index is 8.30. The van der Waals surface area contributed by atoms with Gasteiger partial charge in [-0.05, 0) is 6.42 Å². The Hall–Kier alpha value is 0.137. The van der Waals surface area contributed by atoms with Crippen molar-refractivity contribution in [2.24, 2.45) is 0 Å². The molecule has 0 rings (SSSR count). The van der Waals surface area contributed by atoms with Crippen LogP contribution in [0.1, 0.15) is 6.42 Å². The van der Waals surface area contributed by atoms with Crippen LogP contribution in [0.25, 0.3) is 0 Å². The Morgan fingerprint density at radius 3 is 2.78 bits per heavy atom. The number of aliphatic hydroxyl groups excluding tert-OH is 1. The lowest BCUT2D eigenvalue weighted by Crippen LogP contribution is -2.00. The molecule has 0 saturated heterocycles. The van der Waals surface area contributed by atoms with Gasteiger partial charge < -0.3 is 9.84 Å². The van der Waals surface area contributed by atoms with E-state index < -0.39 is 0 Å². The third-order valence-corrected chi connectivity index (χ3v) is 1.80. The van der Waals surface area contributed by atoms with E-state index in [-0.39, 0.29) is 6.61 Å². The molecule has 2 radical (unpaired) electrons. The topological polar surface area (TPSA) is 29.5 Å². The first-order valence-electron chi connectivity index (χ1n) is 3.25. The van der Waals surface area contributed by atoms with Crippen molar-refractivity contribution in [3.05, 3.63) is 0 Å². The second-order valence-corrected chi connectivity index (χ2v) is 3.00. The second-order valence-electron chi connectivity index (χ2n) is 1.79. The zero-order valence-electron chi connectivity index (χ0n) is 5.89. The normalized spacial score (nSPS) is 10.0. The van der Waals surface area contributed by atoms with Crippen LogP contribution in [0.2, 0.25) is 12.6 Å². The third kappa shape index (κ3) is 8.14. The summed E-state index contributed by atoms with van der Waals surface area (Å²) in [5, 5.41) is 8.30. The van der Waals surface area contributed by atoms with Crippen molar-refractivity contribution >= 4 is 9.52 Å². The molecule has 1 N–H and O–H groups in total. The first kappa shape index (κ1) is 9.14. The predicted molar refractivity (Wildman–Crippen MR) is 38.9 cm³/mol. The van der Waals surface area contributed by atoms with Crippen molar-refractivity contribution in [2.45, 2.75) is 19.0 Å². The molecule has 54 valence electrons. The van der Waals surface area contributed by atoms with E-state index >= 15 is 0 Å². The number of rotatable bonds is 6. The van der Waals surface area contributed by atoms with Gasteiger partial charge in [0.05, 0.1) is 13.2 Å². The van der Waals surface area contributed by atoms with E-state index in [4.69, 9.17) is 9.84 Å². The first-order valence-corrected chi connectivity index (χ1v) is 4.95. The smallest absolute Gasteiger partial charge is 0.0697 e. The highest BCUT2D eigenvalue weighted by atomic mass is 28.2. The Balaban J connectivity index is 2.60. The van der Waals surface area contributed by atoms with Gasteiger partial charge in [0, 0.05) is 16.1 Å². The fourth-order valence-corrected chi connectivity index (χ4v) is 1.02. The first-order chi connectivity index (χ1) is 4.41. The predicted octanol–water partition coefficient (Wildman–Crippen LogP) is 0.556. The monoisotopic (exact) mass is 146 g/mol.